The third-order valence-corrected chi connectivity index (χ3v) is 4.55. The number of hydrogen-bond donors (Lipinski definition) is 0. The van der Waals surface area contributed by atoms with Gasteiger partial charge in [-0.05, 0) is 45.2 Å². The Morgan fingerprint density at radius 2 is 1.90 bits per heavy atom. The summed E-state index contributed by atoms with van der Waals surface area (Å²) in [5, 5.41) is 0. The van der Waals surface area contributed by atoms with Crippen LogP contribution in [0.2, 0.25) is 0 Å². The zero-order valence-electron chi connectivity index (χ0n) is 13.3. The maximum atomic E-state index is 12.4. The quantitative estimate of drug-likeness (QED) is 0.700. The van der Waals surface area contributed by atoms with E-state index in [1.807, 2.05) is 0 Å². The molecule has 2 aliphatic rings. The molecule has 0 N–H and O–H groups in total. The van der Waals surface area contributed by atoms with Gasteiger partial charge in [-0.3, -0.25) is 4.79 Å². The van der Waals surface area contributed by atoms with E-state index in [-0.39, 0.29) is 5.91 Å². The summed E-state index contributed by atoms with van der Waals surface area (Å²) < 4.78 is 5.55. The molecule has 4 heteroatoms. The Morgan fingerprint density at radius 1 is 1.20 bits per heavy atom. The standard InChI is InChI=1S/C16H30N2O2/c1-13(2)12-20-11-8-16(19)18-10-5-7-15(18)14-6-4-9-17(14)3/h13-15H,4-12H2,1-3H3. The van der Waals surface area contributed by atoms with Crippen LogP contribution in [0.1, 0.15) is 46.0 Å². The average Bonchev–Trinajstić information content (AvgIpc) is 3.02. The second-order valence-electron chi connectivity index (χ2n) is 6.71. The molecule has 0 spiro atoms. The fourth-order valence-corrected chi connectivity index (χ4v) is 3.55. The topological polar surface area (TPSA) is 32.8 Å². The summed E-state index contributed by atoms with van der Waals surface area (Å²) in [7, 11) is 2.20. The van der Waals surface area contributed by atoms with Crippen LogP contribution in [0.15, 0.2) is 0 Å². The van der Waals surface area contributed by atoms with Crippen LogP contribution >= 0.6 is 0 Å². The van der Waals surface area contributed by atoms with Crippen LogP contribution in [0.4, 0.5) is 0 Å². The summed E-state index contributed by atoms with van der Waals surface area (Å²) in [5.74, 6) is 0.827. The van der Waals surface area contributed by atoms with E-state index in [0.29, 0.717) is 31.0 Å². The molecule has 0 saturated carbocycles. The fraction of sp³-hybridized carbons (Fsp3) is 0.938. The molecule has 20 heavy (non-hydrogen) atoms. The lowest BCUT2D eigenvalue weighted by molar-refractivity contribution is -0.134. The van der Waals surface area contributed by atoms with Gasteiger partial charge in [-0.15, -0.1) is 0 Å². The summed E-state index contributed by atoms with van der Waals surface area (Å²) in [6.45, 7) is 7.71. The number of carbonyl (C=O) groups is 1. The minimum absolute atomic E-state index is 0.288. The van der Waals surface area contributed by atoms with E-state index in [1.165, 1.54) is 25.8 Å². The van der Waals surface area contributed by atoms with Crippen molar-refractivity contribution in [1.82, 2.24) is 9.80 Å². The van der Waals surface area contributed by atoms with Crippen molar-refractivity contribution >= 4 is 5.91 Å². The third kappa shape index (κ3) is 3.95. The molecule has 2 saturated heterocycles. The van der Waals surface area contributed by atoms with E-state index in [0.717, 1.165) is 19.6 Å². The highest BCUT2D eigenvalue weighted by Crippen LogP contribution is 2.29. The number of amides is 1. The Morgan fingerprint density at radius 3 is 2.55 bits per heavy atom. The highest BCUT2D eigenvalue weighted by molar-refractivity contribution is 5.77. The van der Waals surface area contributed by atoms with Gasteiger partial charge >= 0.3 is 0 Å². The maximum Gasteiger partial charge on any atom is 0.225 e. The molecule has 2 aliphatic heterocycles. The Labute approximate surface area is 123 Å². The molecule has 2 fully saturated rings. The number of carbonyl (C=O) groups excluding carboxylic acids is 1. The molecule has 0 aromatic heterocycles. The van der Waals surface area contributed by atoms with Crippen LogP contribution in [0.25, 0.3) is 0 Å². The van der Waals surface area contributed by atoms with E-state index < -0.39 is 0 Å². The van der Waals surface area contributed by atoms with Gasteiger partial charge in [0.05, 0.1) is 13.0 Å². The van der Waals surface area contributed by atoms with Crippen LogP contribution in [-0.2, 0) is 9.53 Å². The monoisotopic (exact) mass is 282 g/mol. The minimum atomic E-state index is 0.288. The predicted molar refractivity (Wildman–Crippen MR) is 80.7 cm³/mol. The van der Waals surface area contributed by atoms with Gasteiger partial charge in [-0.1, -0.05) is 13.8 Å². The largest absolute Gasteiger partial charge is 0.381 e. The zero-order chi connectivity index (χ0) is 14.5. The smallest absolute Gasteiger partial charge is 0.225 e. The molecule has 2 atom stereocenters. The van der Waals surface area contributed by atoms with E-state index in [1.54, 1.807) is 0 Å². The van der Waals surface area contributed by atoms with Crippen molar-refractivity contribution in [3.05, 3.63) is 0 Å². The molecule has 0 radical (unpaired) electrons. The molecule has 2 unspecified atom stereocenters. The van der Waals surface area contributed by atoms with Gasteiger partial charge in [0, 0.05) is 25.2 Å². The first-order chi connectivity index (χ1) is 9.59. The van der Waals surface area contributed by atoms with E-state index in [2.05, 4.69) is 30.7 Å². The van der Waals surface area contributed by atoms with Crippen molar-refractivity contribution < 1.29 is 9.53 Å². The van der Waals surface area contributed by atoms with Crippen molar-refractivity contribution in [2.75, 3.05) is 33.4 Å². The molecule has 116 valence electrons. The van der Waals surface area contributed by atoms with Gasteiger partial charge in [0.1, 0.15) is 0 Å². The molecule has 0 aliphatic carbocycles. The van der Waals surface area contributed by atoms with E-state index in [9.17, 15) is 4.79 Å². The molecule has 0 aromatic rings. The Hall–Kier alpha value is -0.610. The summed E-state index contributed by atoms with van der Waals surface area (Å²) >= 11 is 0. The van der Waals surface area contributed by atoms with Gasteiger partial charge in [0.15, 0.2) is 0 Å². The lowest BCUT2D eigenvalue weighted by Gasteiger charge is -2.33. The first kappa shape index (κ1) is 15.8. The van der Waals surface area contributed by atoms with Gasteiger partial charge in [-0.25, -0.2) is 0 Å². The van der Waals surface area contributed by atoms with Crippen LogP contribution in [0.5, 0.6) is 0 Å². The second-order valence-corrected chi connectivity index (χ2v) is 6.71. The van der Waals surface area contributed by atoms with Crippen molar-refractivity contribution in [3.63, 3.8) is 0 Å². The number of likely N-dealkylation sites (N-methyl/N-ethyl adjacent to an activating group) is 1. The van der Waals surface area contributed by atoms with Crippen molar-refractivity contribution in [1.29, 1.82) is 0 Å². The molecule has 2 heterocycles. The van der Waals surface area contributed by atoms with Crippen LogP contribution in [-0.4, -0.2) is 61.1 Å². The first-order valence-electron chi connectivity index (χ1n) is 8.17. The Bertz CT molecular complexity index is 320. The third-order valence-electron chi connectivity index (χ3n) is 4.55. The fourth-order valence-electron chi connectivity index (χ4n) is 3.55. The molecule has 4 nitrogen and oxygen atoms in total. The summed E-state index contributed by atoms with van der Waals surface area (Å²) in [6, 6.07) is 1.03. The SMILES string of the molecule is CC(C)COCCC(=O)N1CCCC1C1CCCN1C. The van der Waals surface area contributed by atoms with Gasteiger partial charge in [0.2, 0.25) is 5.91 Å². The average molecular weight is 282 g/mol. The molecular formula is C16H30N2O2. The van der Waals surface area contributed by atoms with Gasteiger partial charge in [-0.2, -0.15) is 0 Å². The lowest BCUT2D eigenvalue weighted by Crippen LogP contribution is -2.47. The number of nitrogens with zero attached hydrogens (tertiary/aromatic N) is 2. The predicted octanol–water partition coefficient (Wildman–Crippen LogP) is 2.13. The van der Waals surface area contributed by atoms with Crippen molar-refractivity contribution in [3.8, 4) is 0 Å². The first-order valence-corrected chi connectivity index (χ1v) is 8.17. The van der Waals surface area contributed by atoms with Crippen LogP contribution in [0.3, 0.4) is 0 Å². The molecule has 0 aromatic carbocycles. The summed E-state index contributed by atoms with van der Waals surface area (Å²) in [4.78, 5) is 17.0. The molecular weight excluding hydrogens is 252 g/mol. The zero-order valence-corrected chi connectivity index (χ0v) is 13.3. The Kier molecular flexibility index (Phi) is 5.85. The van der Waals surface area contributed by atoms with E-state index >= 15 is 0 Å². The minimum Gasteiger partial charge on any atom is -0.381 e. The van der Waals surface area contributed by atoms with E-state index in [4.69, 9.17) is 4.74 Å². The highest BCUT2D eigenvalue weighted by Gasteiger charge is 2.37. The number of likely N-dealkylation sites (tertiary alicyclic amines) is 2. The molecule has 0 bridgehead atoms. The lowest BCUT2D eigenvalue weighted by atomic mass is 10.0. The van der Waals surface area contributed by atoms with Crippen LogP contribution < -0.4 is 0 Å². The summed E-state index contributed by atoms with van der Waals surface area (Å²) in [5.41, 5.74) is 0. The highest BCUT2D eigenvalue weighted by atomic mass is 16.5. The normalized spacial score (nSPS) is 27.7. The summed E-state index contributed by atoms with van der Waals surface area (Å²) in [6.07, 6.45) is 5.40. The number of ether oxygens (including phenoxy) is 1. The molecule has 1 amide bonds. The van der Waals surface area contributed by atoms with Crippen LogP contribution in [0, 0.1) is 5.92 Å². The maximum absolute atomic E-state index is 12.4. The van der Waals surface area contributed by atoms with Gasteiger partial charge in [0.25, 0.3) is 0 Å². The second kappa shape index (κ2) is 7.41. The van der Waals surface area contributed by atoms with Crippen molar-refractivity contribution in [2.45, 2.75) is 58.0 Å². The van der Waals surface area contributed by atoms with Gasteiger partial charge < -0.3 is 14.5 Å². The van der Waals surface area contributed by atoms with Crippen molar-refractivity contribution in [2.24, 2.45) is 5.92 Å². The number of rotatable bonds is 6. The number of hydrogen-bond acceptors (Lipinski definition) is 3. The Balaban J connectivity index is 1.79. The molecule has 2 rings (SSSR count).